The molecule has 1 aliphatic rings. The van der Waals surface area contributed by atoms with Crippen LogP contribution in [0.25, 0.3) is 115 Å². The van der Waals surface area contributed by atoms with E-state index in [1.54, 1.807) is 11.3 Å². The van der Waals surface area contributed by atoms with E-state index in [0.29, 0.717) is 23.5 Å². The third-order valence-electron chi connectivity index (χ3n) is 13.2. The Hall–Kier alpha value is -8.13. The molecule has 0 N–H and O–H groups in total. The topological polar surface area (TPSA) is 61.7 Å². The van der Waals surface area contributed by atoms with Crippen LogP contribution in [0.4, 0.5) is 0 Å². The first-order valence-corrected chi connectivity index (χ1v) is 22.5. The molecule has 5 aromatic heterocycles. The molecule has 300 valence electrons. The average molecular weight is 838 g/mol. The number of furan rings is 1. The van der Waals surface area contributed by atoms with Crippen molar-refractivity contribution in [2.45, 2.75) is 12.3 Å². The summed E-state index contributed by atoms with van der Waals surface area (Å²) in [7, 11) is 0. The molecule has 0 saturated heterocycles. The number of para-hydroxylation sites is 2. The third kappa shape index (κ3) is 5.22. The van der Waals surface area contributed by atoms with Gasteiger partial charge < -0.3 is 8.98 Å². The Kier molecular flexibility index (Phi) is 7.58. The molecule has 0 fully saturated rings. The van der Waals surface area contributed by atoms with Gasteiger partial charge in [0.25, 0.3) is 0 Å². The molecule has 5 heterocycles. The van der Waals surface area contributed by atoms with E-state index in [2.05, 4.69) is 185 Å². The molecule has 8 aromatic carbocycles. The van der Waals surface area contributed by atoms with Crippen molar-refractivity contribution in [3.63, 3.8) is 0 Å². The van der Waals surface area contributed by atoms with E-state index >= 15 is 0 Å². The fourth-order valence-electron chi connectivity index (χ4n) is 10.3. The second-order valence-electron chi connectivity index (χ2n) is 16.7. The van der Waals surface area contributed by atoms with Crippen LogP contribution < -0.4 is 0 Å². The van der Waals surface area contributed by atoms with Crippen LogP contribution in [-0.2, 0) is 6.42 Å². The highest BCUT2D eigenvalue weighted by atomic mass is 32.1. The minimum absolute atomic E-state index is 0.303. The molecule has 0 spiro atoms. The third-order valence-corrected chi connectivity index (χ3v) is 14.3. The van der Waals surface area contributed by atoms with Crippen molar-refractivity contribution in [2.24, 2.45) is 0 Å². The van der Waals surface area contributed by atoms with Crippen LogP contribution >= 0.6 is 11.3 Å². The Balaban J connectivity index is 1.05. The Morgan fingerprint density at radius 1 is 0.516 bits per heavy atom. The number of thiophene rings is 1. The largest absolute Gasteiger partial charge is 0.456 e. The van der Waals surface area contributed by atoms with Gasteiger partial charge in [0.2, 0.25) is 5.95 Å². The van der Waals surface area contributed by atoms with Gasteiger partial charge in [0.05, 0.1) is 27.8 Å². The zero-order valence-electron chi connectivity index (χ0n) is 34.3. The first-order chi connectivity index (χ1) is 31.7. The summed E-state index contributed by atoms with van der Waals surface area (Å²) < 4.78 is 13.8. The summed E-state index contributed by atoms with van der Waals surface area (Å²) >= 11 is 1.80. The Morgan fingerprint density at radius 2 is 1.16 bits per heavy atom. The zero-order chi connectivity index (χ0) is 41.9. The molecule has 64 heavy (non-hydrogen) atoms. The van der Waals surface area contributed by atoms with Gasteiger partial charge in [0, 0.05) is 75.8 Å². The van der Waals surface area contributed by atoms with E-state index in [1.165, 1.54) is 31.3 Å². The number of hydrogen-bond donors (Lipinski definition) is 0. The van der Waals surface area contributed by atoms with E-state index in [1.807, 2.05) is 18.2 Å². The van der Waals surface area contributed by atoms with E-state index in [-0.39, 0.29) is 0 Å². The Labute approximate surface area is 370 Å². The van der Waals surface area contributed by atoms with Crippen molar-refractivity contribution < 1.29 is 4.42 Å². The molecule has 1 unspecified atom stereocenters. The zero-order valence-corrected chi connectivity index (χ0v) is 35.1. The Morgan fingerprint density at radius 3 is 1.95 bits per heavy atom. The quantitative estimate of drug-likeness (QED) is 0.173. The summed E-state index contributed by atoms with van der Waals surface area (Å²) in [6, 6.07) is 64.7. The molecule has 0 saturated carbocycles. The molecule has 0 amide bonds. The fourth-order valence-corrected chi connectivity index (χ4v) is 11.4. The second-order valence-corrected chi connectivity index (χ2v) is 17.8. The van der Waals surface area contributed by atoms with Gasteiger partial charge in [0.15, 0.2) is 11.6 Å². The summed E-state index contributed by atoms with van der Waals surface area (Å²) in [5, 5.41) is 8.07. The molecule has 0 radical (unpaired) electrons. The van der Waals surface area contributed by atoms with Gasteiger partial charge in [-0.15, -0.1) is 11.3 Å². The first-order valence-electron chi connectivity index (χ1n) is 21.7. The monoisotopic (exact) mass is 837 g/mol. The standard InChI is InChI=1S/C57H35N5OS/c1-3-14-34(15-4-1)36-26-31-48-45(32-36)40-28-27-37(33-49(40)63-48)61-46-22-10-7-18-38(46)41-29-30-42-39-19-8-11-23-47(39)62(54(42)53(41)61)57-59-55(35-16-5-2-6-17-35)58-56(60-57)44-21-13-25-51-52(44)43-20-9-12-24-50(43)64-51/h1-31,33,36H,32H2. The maximum Gasteiger partial charge on any atom is 0.238 e. The number of rotatable bonds is 5. The lowest BCUT2D eigenvalue weighted by atomic mass is 9.87. The SMILES string of the molecule is C1=CC(c2ccccc2)Cc2c1oc1cc(-n3c4ccccc4c4ccc5c6ccccc6n(-c6nc(-c7ccccc7)nc(-c7cccc8sc9ccccc9c78)n6)c5c43)ccc21. The van der Waals surface area contributed by atoms with Crippen LogP contribution in [0, 0.1) is 0 Å². The molecule has 0 bridgehead atoms. The van der Waals surface area contributed by atoms with Crippen LogP contribution in [0.1, 0.15) is 22.8 Å². The van der Waals surface area contributed by atoms with Crippen LogP contribution in [0.15, 0.2) is 192 Å². The predicted octanol–water partition coefficient (Wildman–Crippen LogP) is 14.9. The number of hydrogen-bond acceptors (Lipinski definition) is 5. The van der Waals surface area contributed by atoms with Crippen molar-refractivity contribution in [2.75, 3.05) is 0 Å². The van der Waals surface area contributed by atoms with Gasteiger partial charge in [-0.05, 0) is 54.5 Å². The van der Waals surface area contributed by atoms with Crippen molar-refractivity contribution >= 4 is 92.2 Å². The van der Waals surface area contributed by atoms with Gasteiger partial charge in [-0.1, -0.05) is 146 Å². The van der Waals surface area contributed by atoms with Crippen molar-refractivity contribution in [3.8, 4) is 34.4 Å². The van der Waals surface area contributed by atoms with Gasteiger partial charge in [-0.25, -0.2) is 4.98 Å². The van der Waals surface area contributed by atoms with Crippen LogP contribution in [0.5, 0.6) is 0 Å². The van der Waals surface area contributed by atoms with Crippen LogP contribution in [0.3, 0.4) is 0 Å². The highest BCUT2D eigenvalue weighted by Gasteiger charge is 2.26. The summed E-state index contributed by atoms with van der Waals surface area (Å²) in [6.45, 7) is 0. The van der Waals surface area contributed by atoms with Gasteiger partial charge in [0.1, 0.15) is 11.3 Å². The summed E-state index contributed by atoms with van der Waals surface area (Å²) in [6.07, 6.45) is 5.34. The lowest BCUT2D eigenvalue weighted by Gasteiger charge is -2.16. The van der Waals surface area contributed by atoms with Crippen LogP contribution in [0.2, 0.25) is 0 Å². The lowest BCUT2D eigenvalue weighted by molar-refractivity contribution is 0.591. The van der Waals surface area contributed by atoms with Crippen molar-refractivity contribution in [3.05, 3.63) is 205 Å². The Bertz CT molecular complexity index is 4060. The van der Waals surface area contributed by atoms with Crippen LogP contribution in [-0.4, -0.2) is 24.1 Å². The van der Waals surface area contributed by atoms with Crippen molar-refractivity contribution in [1.82, 2.24) is 24.1 Å². The molecule has 14 rings (SSSR count). The highest BCUT2D eigenvalue weighted by Crippen LogP contribution is 2.44. The number of fused-ring (bicyclic) bond motifs is 13. The molecule has 1 atom stereocenters. The van der Waals surface area contributed by atoms with Gasteiger partial charge >= 0.3 is 0 Å². The van der Waals surface area contributed by atoms with Crippen molar-refractivity contribution in [1.29, 1.82) is 0 Å². The molecule has 7 heteroatoms. The minimum Gasteiger partial charge on any atom is -0.456 e. The molecule has 6 nitrogen and oxygen atoms in total. The molecular formula is C57H35N5OS. The van der Waals surface area contributed by atoms with E-state index in [9.17, 15) is 0 Å². The van der Waals surface area contributed by atoms with E-state index in [4.69, 9.17) is 19.4 Å². The lowest BCUT2D eigenvalue weighted by Crippen LogP contribution is -2.07. The molecule has 1 aliphatic carbocycles. The maximum atomic E-state index is 6.70. The van der Waals surface area contributed by atoms with Gasteiger partial charge in [-0.2, -0.15) is 9.97 Å². The summed E-state index contributed by atoms with van der Waals surface area (Å²) in [4.78, 5) is 16.1. The molecule has 0 aliphatic heterocycles. The van der Waals surface area contributed by atoms with E-state index < -0.39 is 0 Å². The minimum atomic E-state index is 0.303. The smallest absolute Gasteiger partial charge is 0.238 e. The number of nitrogens with zero attached hydrogens (tertiary/aromatic N) is 5. The average Bonchev–Trinajstić information content (AvgIpc) is 4.11. The molecular weight excluding hydrogens is 803 g/mol. The number of allylic oxidation sites excluding steroid dienone is 1. The predicted molar refractivity (Wildman–Crippen MR) is 264 cm³/mol. The number of aromatic nitrogens is 5. The normalized spacial score (nSPS) is 14.0. The first kappa shape index (κ1) is 35.5. The highest BCUT2D eigenvalue weighted by molar-refractivity contribution is 7.25. The fraction of sp³-hybridized carbons (Fsp3) is 0.0351. The maximum absolute atomic E-state index is 6.70. The van der Waals surface area contributed by atoms with Gasteiger partial charge in [-0.3, -0.25) is 4.57 Å². The van der Waals surface area contributed by atoms with E-state index in [0.717, 1.165) is 83.6 Å². The number of benzene rings is 8. The molecule has 13 aromatic rings. The summed E-state index contributed by atoms with van der Waals surface area (Å²) in [5.41, 5.74) is 10.6. The second kappa shape index (κ2) is 13.7. The summed E-state index contributed by atoms with van der Waals surface area (Å²) in [5.74, 6) is 3.05.